The summed E-state index contributed by atoms with van der Waals surface area (Å²) in [5.74, 6) is 4.21. The number of hydrogen-bond acceptors (Lipinski definition) is 3. The minimum absolute atomic E-state index is 0.299. The summed E-state index contributed by atoms with van der Waals surface area (Å²) in [6, 6.07) is 8.01. The van der Waals surface area contributed by atoms with Crippen molar-refractivity contribution in [3.05, 3.63) is 35.9 Å². The lowest BCUT2D eigenvalue weighted by molar-refractivity contribution is -0.122. The molecule has 0 radical (unpaired) electrons. The third-order valence-corrected chi connectivity index (χ3v) is 1.92. The van der Waals surface area contributed by atoms with Crippen LogP contribution in [0.4, 0.5) is 0 Å². The maximum absolute atomic E-state index is 11.5. The number of rotatable bonds is 3. The van der Waals surface area contributed by atoms with Crippen LogP contribution in [0.2, 0.25) is 0 Å². The van der Waals surface area contributed by atoms with Crippen molar-refractivity contribution in [2.75, 3.05) is 0 Å². The van der Waals surface area contributed by atoms with E-state index in [1.165, 1.54) is 0 Å². The Morgan fingerprint density at radius 3 is 2.40 bits per heavy atom. The number of nitrogens with two attached hydrogens (primary N) is 1. The average molecular weight is 207 g/mol. The van der Waals surface area contributed by atoms with Crippen LogP contribution in [0.5, 0.6) is 0 Å². The van der Waals surface area contributed by atoms with Crippen LogP contribution in [0, 0.1) is 0 Å². The molecule has 2 amide bonds. The fourth-order valence-corrected chi connectivity index (χ4v) is 1.06. The summed E-state index contributed by atoms with van der Waals surface area (Å²) in [6.45, 7) is 1.56. The molecule has 5 heteroatoms. The first-order chi connectivity index (χ1) is 7.15. The van der Waals surface area contributed by atoms with E-state index in [-0.39, 0.29) is 5.91 Å². The monoisotopic (exact) mass is 207 g/mol. The summed E-state index contributed by atoms with van der Waals surface area (Å²) in [6.07, 6.45) is 0. The quantitative estimate of drug-likeness (QED) is 0.364. The van der Waals surface area contributed by atoms with Crippen LogP contribution in [0.3, 0.4) is 0 Å². The fraction of sp³-hybridized carbons (Fsp3) is 0.200. The fourth-order valence-electron chi connectivity index (χ4n) is 1.06. The van der Waals surface area contributed by atoms with E-state index in [1.54, 1.807) is 31.2 Å². The van der Waals surface area contributed by atoms with E-state index >= 15 is 0 Å². The summed E-state index contributed by atoms with van der Waals surface area (Å²) >= 11 is 0. The van der Waals surface area contributed by atoms with Crippen LogP contribution in [0.25, 0.3) is 0 Å². The van der Waals surface area contributed by atoms with Crippen LogP contribution in [-0.2, 0) is 4.79 Å². The van der Waals surface area contributed by atoms with Gasteiger partial charge in [-0.3, -0.25) is 15.0 Å². The molecule has 1 atom stereocenters. The Kier molecular flexibility index (Phi) is 3.82. The van der Waals surface area contributed by atoms with Crippen molar-refractivity contribution in [1.82, 2.24) is 10.7 Å². The van der Waals surface area contributed by atoms with Gasteiger partial charge in [-0.15, -0.1) is 0 Å². The van der Waals surface area contributed by atoms with Crippen molar-refractivity contribution in [2.24, 2.45) is 5.84 Å². The second-order valence-electron chi connectivity index (χ2n) is 3.07. The molecule has 0 unspecified atom stereocenters. The largest absolute Gasteiger partial charge is 0.340 e. The molecule has 0 saturated heterocycles. The summed E-state index contributed by atoms with van der Waals surface area (Å²) in [4.78, 5) is 22.6. The molecule has 80 valence electrons. The van der Waals surface area contributed by atoms with E-state index < -0.39 is 11.9 Å². The van der Waals surface area contributed by atoms with Gasteiger partial charge in [0.2, 0.25) is 0 Å². The number of carbonyl (C=O) groups excluding carboxylic acids is 2. The standard InChI is InChI=1S/C10H13N3O2/c1-7(9(14)13-11)12-10(15)8-5-3-2-4-6-8/h2-7H,11H2,1H3,(H,12,15)(H,13,14)/t7-/m0/s1. The molecule has 0 heterocycles. The van der Waals surface area contributed by atoms with Gasteiger partial charge in [-0.1, -0.05) is 18.2 Å². The van der Waals surface area contributed by atoms with Gasteiger partial charge in [-0.2, -0.15) is 0 Å². The van der Waals surface area contributed by atoms with Gasteiger partial charge in [0.25, 0.3) is 11.8 Å². The number of carbonyl (C=O) groups is 2. The topological polar surface area (TPSA) is 84.2 Å². The zero-order valence-electron chi connectivity index (χ0n) is 8.36. The predicted octanol–water partition coefficient (Wildman–Crippen LogP) is -0.205. The Hall–Kier alpha value is -1.88. The Labute approximate surface area is 87.6 Å². The molecule has 4 N–H and O–H groups in total. The molecule has 0 aliphatic heterocycles. The molecule has 1 aromatic rings. The molecule has 1 rings (SSSR count). The molecule has 5 nitrogen and oxygen atoms in total. The molecule has 15 heavy (non-hydrogen) atoms. The van der Waals surface area contributed by atoms with E-state index in [2.05, 4.69) is 5.32 Å². The summed E-state index contributed by atoms with van der Waals surface area (Å²) in [5.41, 5.74) is 2.48. The molecule has 1 aromatic carbocycles. The first kappa shape index (κ1) is 11.2. The number of benzene rings is 1. The Morgan fingerprint density at radius 2 is 1.87 bits per heavy atom. The zero-order chi connectivity index (χ0) is 11.3. The van der Waals surface area contributed by atoms with Gasteiger partial charge in [-0.25, -0.2) is 5.84 Å². The lowest BCUT2D eigenvalue weighted by Gasteiger charge is -2.11. The lowest BCUT2D eigenvalue weighted by atomic mass is 10.2. The third-order valence-electron chi connectivity index (χ3n) is 1.92. The Bertz CT molecular complexity index is 351. The van der Waals surface area contributed by atoms with E-state index in [0.717, 1.165) is 0 Å². The van der Waals surface area contributed by atoms with E-state index in [0.29, 0.717) is 5.56 Å². The molecule has 0 aromatic heterocycles. The van der Waals surface area contributed by atoms with Crippen LogP contribution in [0.15, 0.2) is 30.3 Å². The number of amides is 2. The third kappa shape index (κ3) is 3.07. The predicted molar refractivity (Wildman–Crippen MR) is 55.7 cm³/mol. The highest BCUT2D eigenvalue weighted by Gasteiger charge is 2.14. The maximum Gasteiger partial charge on any atom is 0.256 e. The van der Waals surface area contributed by atoms with Crippen LogP contribution in [0.1, 0.15) is 17.3 Å². The zero-order valence-corrected chi connectivity index (χ0v) is 8.36. The summed E-state index contributed by atoms with van der Waals surface area (Å²) < 4.78 is 0. The number of nitrogens with one attached hydrogen (secondary N) is 2. The minimum atomic E-state index is -0.650. The van der Waals surface area contributed by atoms with Gasteiger partial charge in [0.1, 0.15) is 6.04 Å². The van der Waals surface area contributed by atoms with Crippen LogP contribution >= 0.6 is 0 Å². The second-order valence-corrected chi connectivity index (χ2v) is 3.07. The lowest BCUT2D eigenvalue weighted by Crippen LogP contribution is -2.47. The van der Waals surface area contributed by atoms with Crippen LogP contribution < -0.4 is 16.6 Å². The van der Waals surface area contributed by atoms with Gasteiger partial charge in [0.05, 0.1) is 0 Å². The number of hydrogen-bond donors (Lipinski definition) is 3. The second kappa shape index (κ2) is 5.11. The van der Waals surface area contributed by atoms with Crippen molar-refractivity contribution >= 4 is 11.8 Å². The average Bonchev–Trinajstić information content (AvgIpc) is 2.29. The van der Waals surface area contributed by atoms with E-state index in [9.17, 15) is 9.59 Å². The summed E-state index contributed by atoms with van der Waals surface area (Å²) in [5, 5.41) is 2.52. The van der Waals surface area contributed by atoms with Gasteiger partial charge in [-0.05, 0) is 19.1 Å². The highest BCUT2D eigenvalue weighted by Crippen LogP contribution is 1.98. The Morgan fingerprint density at radius 1 is 1.27 bits per heavy atom. The molecule has 0 saturated carbocycles. The van der Waals surface area contributed by atoms with Gasteiger partial charge in [0, 0.05) is 5.56 Å². The van der Waals surface area contributed by atoms with E-state index in [1.807, 2.05) is 11.5 Å². The van der Waals surface area contributed by atoms with Crippen molar-refractivity contribution in [3.8, 4) is 0 Å². The molecule has 0 fully saturated rings. The highest BCUT2D eigenvalue weighted by molar-refractivity contribution is 5.97. The van der Waals surface area contributed by atoms with Crippen LogP contribution in [-0.4, -0.2) is 17.9 Å². The molecular weight excluding hydrogens is 194 g/mol. The molecule has 0 bridgehead atoms. The molecule has 0 spiro atoms. The van der Waals surface area contributed by atoms with Crippen molar-refractivity contribution in [1.29, 1.82) is 0 Å². The number of hydrazine groups is 1. The minimum Gasteiger partial charge on any atom is -0.340 e. The summed E-state index contributed by atoms with van der Waals surface area (Å²) in [7, 11) is 0. The van der Waals surface area contributed by atoms with Gasteiger partial charge >= 0.3 is 0 Å². The molecule has 0 aliphatic rings. The smallest absolute Gasteiger partial charge is 0.256 e. The first-order valence-corrected chi connectivity index (χ1v) is 4.51. The highest BCUT2D eigenvalue weighted by atomic mass is 16.2. The normalized spacial score (nSPS) is 11.6. The SMILES string of the molecule is C[C@H](NC(=O)c1ccccc1)C(=O)NN. The van der Waals surface area contributed by atoms with Crippen molar-refractivity contribution < 1.29 is 9.59 Å². The van der Waals surface area contributed by atoms with Crippen molar-refractivity contribution in [2.45, 2.75) is 13.0 Å². The molecule has 0 aliphatic carbocycles. The van der Waals surface area contributed by atoms with E-state index in [4.69, 9.17) is 5.84 Å². The molecular formula is C10H13N3O2. The Balaban J connectivity index is 2.61. The van der Waals surface area contributed by atoms with Crippen molar-refractivity contribution in [3.63, 3.8) is 0 Å². The van der Waals surface area contributed by atoms with Gasteiger partial charge in [0.15, 0.2) is 0 Å². The first-order valence-electron chi connectivity index (χ1n) is 4.51. The maximum atomic E-state index is 11.5. The van der Waals surface area contributed by atoms with Gasteiger partial charge < -0.3 is 5.32 Å².